The Balaban J connectivity index is 1.36. The van der Waals surface area contributed by atoms with Gasteiger partial charge < -0.3 is 10.1 Å². The molecule has 3 aromatic rings. The van der Waals surface area contributed by atoms with Crippen molar-refractivity contribution in [3.05, 3.63) is 59.4 Å². The highest BCUT2D eigenvalue weighted by Crippen LogP contribution is 2.28. The van der Waals surface area contributed by atoms with Crippen molar-refractivity contribution in [1.29, 1.82) is 0 Å². The molecule has 1 atom stereocenters. The van der Waals surface area contributed by atoms with E-state index >= 15 is 0 Å². The molecule has 0 radical (unpaired) electrons. The first kappa shape index (κ1) is 18.1. The number of amides is 1. The van der Waals surface area contributed by atoms with Crippen LogP contribution in [0.15, 0.2) is 36.7 Å². The molecule has 29 heavy (non-hydrogen) atoms. The van der Waals surface area contributed by atoms with E-state index in [4.69, 9.17) is 4.74 Å². The van der Waals surface area contributed by atoms with E-state index in [0.717, 1.165) is 55.7 Å². The van der Waals surface area contributed by atoms with Gasteiger partial charge in [-0.2, -0.15) is 10.2 Å². The van der Waals surface area contributed by atoms with Gasteiger partial charge in [-0.25, -0.2) is 9.07 Å². The van der Waals surface area contributed by atoms with Gasteiger partial charge in [0.1, 0.15) is 5.82 Å². The van der Waals surface area contributed by atoms with Gasteiger partial charge in [-0.05, 0) is 56.4 Å². The van der Waals surface area contributed by atoms with Crippen LogP contribution in [-0.4, -0.2) is 38.2 Å². The summed E-state index contributed by atoms with van der Waals surface area (Å²) in [6, 6.07) is 6.16. The number of nitrogens with zero attached hydrogens (tertiary/aromatic N) is 4. The number of carbonyl (C=O) groups is 1. The molecule has 2 aromatic heterocycles. The third-order valence-electron chi connectivity index (χ3n) is 5.52. The summed E-state index contributed by atoms with van der Waals surface area (Å²) in [5, 5.41) is 11.8. The highest BCUT2D eigenvalue weighted by atomic mass is 19.1. The van der Waals surface area contributed by atoms with Crippen molar-refractivity contribution in [2.45, 2.75) is 44.8 Å². The van der Waals surface area contributed by atoms with Crippen LogP contribution in [0.3, 0.4) is 0 Å². The monoisotopic (exact) mass is 395 g/mol. The van der Waals surface area contributed by atoms with Gasteiger partial charge in [-0.1, -0.05) is 0 Å². The van der Waals surface area contributed by atoms with E-state index < -0.39 is 0 Å². The van der Waals surface area contributed by atoms with Crippen molar-refractivity contribution in [2.75, 3.05) is 11.9 Å². The summed E-state index contributed by atoms with van der Waals surface area (Å²) in [5.41, 5.74) is 3.81. The maximum Gasteiger partial charge on any atom is 0.276 e. The first-order valence-corrected chi connectivity index (χ1v) is 9.99. The molecule has 0 unspecified atom stereocenters. The van der Waals surface area contributed by atoms with E-state index in [9.17, 15) is 9.18 Å². The molecule has 150 valence electrons. The number of anilines is 1. The lowest BCUT2D eigenvalue weighted by atomic mass is 10.2. The Bertz CT molecular complexity index is 1030. The van der Waals surface area contributed by atoms with E-state index in [1.165, 1.54) is 12.1 Å². The van der Waals surface area contributed by atoms with Crippen LogP contribution in [0.2, 0.25) is 0 Å². The van der Waals surface area contributed by atoms with Crippen molar-refractivity contribution in [3.8, 4) is 5.69 Å². The zero-order valence-electron chi connectivity index (χ0n) is 16.0. The summed E-state index contributed by atoms with van der Waals surface area (Å²) < 4.78 is 22.5. The molecule has 1 aliphatic heterocycles. The van der Waals surface area contributed by atoms with Crippen LogP contribution in [0.5, 0.6) is 0 Å². The van der Waals surface area contributed by atoms with Crippen LogP contribution >= 0.6 is 0 Å². The lowest BCUT2D eigenvalue weighted by Gasteiger charge is -2.08. The normalized spacial score (nSPS) is 18.2. The molecule has 3 heterocycles. The lowest BCUT2D eigenvalue weighted by Crippen LogP contribution is -2.16. The second-order valence-electron chi connectivity index (χ2n) is 7.56. The molecule has 1 aliphatic carbocycles. The number of nitrogens with one attached hydrogen (secondary N) is 1. The van der Waals surface area contributed by atoms with E-state index in [2.05, 4.69) is 15.5 Å². The summed E-state index contributed by atoms with van der Waals surface area (Å²) in [4.78, 5) is 12.9. The molecule has 2 aliphatic rings. The molecule has 0 spiro atoms. The average Bonchev–Trinajstić information content (AvgIpc) is 3.48. The van der Waals surface area contributed by atoms with E-state index in [1.807, 2.05) is 6.20 Å². The van der Waals surface area contributed by atoms with Crippen LogP contribution in [0.25, 0.3) is 5.69 Å². The van der Waals surface area contributed by atoms with Gasteiger partial charge in [-0.3, -0.25) is 9.48 Å². The van der Waals surface area contributed by atoms with Crippen LogP contribution in [0.1, 0.15) is 41.0 Å². The number of aromatic nitrogens is 4. The number of benzene rings is 1. The summed E-state index contributed by atoms with van der Waals surface area (Å²) in [7, 11) is 0. The Morgan fingerprint density at radius 3 is 2.90 bits per heavy atom. The number of hydrogen-bond donors (Lipinski definition) is 1. The van der Waals surface area contributed by atoms with Gasteiger partial charge in [0, 0.05) is 24.1 Å². The molecule has 1 aromatic carbocycles. The van der Waals surface area contributed by atoms with Crippen molar-refractivity contribution in [2.24, 2.45) is 0 Å². The minimum Gasteiger partial charge on any atom is -0.376 e. The van der Waals surface area contributed by atoms with Gasteiger partial charge in [0.25, 0.3) is 5.91 Å². The Morgan fingerprint density at radius 2 is 2.10 bits per heavy atom. The third kappa shape index (κ3) is 3.55. The van der Waals surface area contributed by atoms with E-state index in [1.54, 1.807) is 27.7 Å². The fourth-order valence-corrected chi connectivity index (χ4v) is 4.13. The number of fused-ring (bicyclic) bond motifs is 1. The number of hydrogen-bond acceptors (Lipinski definition) is 4. The summed E-state index contributed by atoms with van der Waals surface area (Å²) in [6.45, 7) is 1.49. The molecule has 1 N–H and O–H groups in total. The highest BCUT2D eigenvalue weighted by Gasteiger charge is 2.27. The van der Waals surface area contributed by atoms with Gasteiger partial charge in [0.15, 0.2) is 5.69 Å². The fraction of sp³-hybridized carbons (Fsp3) is 0.381. The Hall–Kier alpha value is -3.00. The van der Waals surface area contributed by atoms with Crippen LogP contribution in [-0.2, 0) is 24.1 Å². The molecule has 1 fully saturated rings. The zero-order valence-corrected chi connectivity index (χ0v) is 16.0. The molecule has 0 saturated carbocycles. The largest absolute Gasteiger partial charge is 0.376 e. The zero-order chi connectivity index (χ0) is 19.8. The van der Waals surface area contributed by atoms with Gasteiger partial charge in [0.05, 0.1) is 30.2 Å². The van der Waals surface area contributed by atoms with Crippen molar-refractivity contribution in [3.63, 3.8) is 0 Å². The maximum atomic E-state index is 13.3. The van der Waals surface area contributed by atoms with Crippen molar-refractivity contribution in [1.82, 2.24) is 19.6 Å². The summed E-state index contributed by atoms with van der Waals surface area (Å²) in [5.74, 6) is -0.545. The third-order valence-corrected chi connectivity index (χ3v) is 5.52. The molecular weight excluding hydrogens is 373 g/mol. The van der Waals surface area contributed by atoms with Crippen LogP contribution < -0.4 is 5.32 Å². The van der Waals surface area contributed by atoms with Crippen molar-refractivity contribution >= 4 is 11.6 Å². The Labute approximate surface area is 167 Å². The molecule has 5 rings (SSSR count). The molecular formula is C21H22FN5O2. The van der Waals surface area contributed by atoms with Crippen LogP contribution in [0.4, 0.5) is 10.1 Å². The average molecular weight is 395 g/mol. The number of ether oxygens (including phenoxy) is 1. The second-order valence-corrected chi connectivity index (χ2v) is 7.56. The number of carbonyl (C=O) groups excluding carboxylic acids is 1. The number of rotatable bonds is 5. The van der Waals surface area contributed by atoms with Crippen LogP contribution in [0, 0.1) is 5.82 Å². The maximum absolute atomic E-state index is 13.3. The molecule has 1 saturated heterocycles. The first-order chi connectivity index (χ1) is 14.2. The van der Waals surface area contributed by atoms with Crippen molar-refractivity contribution < 1.29 is 13.9 Å². The van der Waals surface area contributed by atoms with Gasteiger partial charge in [0.2, 0.25) is 0 Å². The molecule has 1 amide bonds. The minimum absolute atomic E-state index is 0.188. The smallest absolute Gasteiger partial charge is 0.276 e. The minimum atomic E-state index is -0.296. The van der Waals surface area contributed by atoms with E-state index in [-0.39, 0.29) is 17.8 Å². The molecule has 7 nitrogen and oxygen atoms in total. The topological polar surface area (TPSA) is 74.0 Å². The summed E-state index contributed by atoms with van der Waals surface area (Å²) >= 11 is 0. The predicted molar refractivity (Wildman–Crippen MR) is 105 cm³/mol. The second kappa shape index (κ2) is 7.44. The highest BCUT2D eigenvalue weighted by molar-refractivity contribution is 6.04. The van der Waals surface area contributed by atoms with Gasteiger partial charge >= 0.3 is 0 Å². The van der Waals surface area contributed by atoms with E-state index in [0.29, 0.717) is 17.9 Å². The molecule has 0 bridgehead atoms. The quantitative estimate of drug-likeness (QED) is 0.720. The van der Waals surface area contributed by atoms with Gasteiger partial charge in [-0.15, -0.1) is 0 Å². The number of halogens is 1. The summed E-state index contributed by atoms with van der Waals surface area (Å²) in [6.07, 6.45) is 8.41. The Morgan fingerprint density at radius 1 is 1.24 bits per heavy atom. The Kier molecular flexibility index (Phi) is 4.63. The SMILES string of the molecule is O=C(Nc1cnn(C[C@H]2CCCO2)c1)c1nn(-c2ccc(F)cc2)c2c1CCC2. The first-order valence-electron chi connectivity index (χ1n) is 9.99. The standard InChI is InChI=1S/C21H22FN5O2/c22-14-6-8-16(9-7-14)27-19-5-1-4-18(19)20(25-27)21(28)24-15-11-23-26(12-15)13-17-3-2-10-29-17/h6-9,11-12,17H,1-5,10,13H2,(H,24,28)/t17-/m1/s1. The predicted octanol–water partition coefficient (Wildman–Crippen LogP) is 3.13. The fourth-order valence-electron chi connectivity index (χ4n) is 4.13. The molecule has 8 heteroatoms. The lowest BCUT2D eigenvalue weighted by molar-refractivity contribution is 0.0940.